The van der Waals surface area contributed by atoms with Crippen LogP contribution in [-0.2, 0) is 25.6 Å². The zero-order valence-corrected chi connectivity index (χ0v) is 18.2. The van der Waals surface area contributed by atoms with Crippen LogP contribution in [0.1, 0.15) is 19.4 Å². The van der Waals surface area contributed by atoms with Crippen molar-refractivity contribution in [1.29, 1.82) is 0 Å². The Morgan fingerprint density at radius 2 is 1.70 bits per heavy atom. The van der Waals surface area contributed by atoms with Crippen LogP contribution in [0.15, 0.2) is 30.5 Å². The molecule has 0 aliphatic carbocycles. The van der Waals surface area contributed by atoms with Crippen LogP contribution < -0.4 is 21.7 Å². The fourth-order valence-electron chi connectivity index (χ4n) is 3.12. The molecule has 2 aromatic rings. The molecule has 0 radical (unpaired) electrons. The van der Waals surface area contributed by atoms with Gasteiger partial charge < -0.3 is 42.0 Å². The number of hydrogen-bond donors (Lipinski definition) is 8. The number of amides is 3. The molecule has 0 aliphatic rings. The average Bonchev–Trinajstić information content (AvgIpc) is 3.17. The van der Waals surface area contributed by atoms with Gasteiger partial charge in [0.1, 0.15) is 18.1 Å². The zero-order valence-electron chi connectivity index (χ0n) is 18.2. The van der Waals surface area contributed by atoms with E-state index in [1.807, 2.05) is 24.3 Å². The quantitative estimate of drug-likeness (QED) is 0.186. The van der Waals surface area contributed by atoms with Crippen LogP contribution in [0.2, 0.25) is 0 Å². The molecule has 9 N–H and O–H groups in total. The second-order valence-corrected chi connectivity index (χ2v) is 7.73. The number of fused-ring (bicyclic) bond motifs is 1. The van der Waals surface area contributed by atoms with Gasteiger partial charge in [-0.2, -0.15) is 0 Å². The molecule has 33 heavy (non-hydrogen) atoms. The molecule has 5 atom stereocenters. The lowest BCUT2D eigenvalue weighted by atomic mass is 10.0. The van der Waals surface area contributed by atoms with Crippen molar-refractivity contribution in [2.75, 3.05) is 6.54 Å². The third-order valence-corrected chi connectivity index (χ3v) is 5.04. The van der Waals surface area contributed by atoms with Crippen LogP contribution in [0.5, 0.6) is 0 Å². The van der Waals surface area contributed by atoms with Crippen molar-refractivity contribution >= 4 is 34.6 Å². The average molecular weight is 463 g/mol. The molecule has 180 valence electrons. The number of nitrogens with two attached hydrogens (primary N) is 1. The fourth-order valence-corrected chi connectivity index (χ4v) is 3.12. The summed E-state index contributed by atoms with van der Waals surface area (Å²) in [5, 5.41) is 36.3. The molecule has 0 bridgehead atoms. The molecule has 5 unspecified atom stereocenters. The molecule has 1 aromatic carbocycles. The first-order valence-electron chi connectivity index (χ1n) is 10.3. The standard InChI is InChI=1S/C21H29N5O7/c1-10(27)17(22)19(30)26-18(11(2)28)20(31)24-9-16(29)25-15(21(32)33)7-12-8-23-14-6-4-3-5-13(12)14/h3-6,8,10-11,15,17-18,23,27-28H,7,9,22H2,1-2H3,(H,24,31)(H,25,29)(H,26,30)(H,32,33). The van der Waals surface area contributed by atoms with Crippen LogP contribution >= 0.6 is 0 Å². The smallest absolute Gasteiger partial charge is 0.326 e. The monoisotopic (exact) mass is 463 g/mol. The predicted octanol–water partition coefficient (Wildman–Crippen LogP) is -2.03. The van der Waals surface area contributed by atoms with Crippen molar-refractivity contribution < 1.29 is 34.5 Å². The number of benzene rings is 1. The van der Waals surface area contributed by atoms with Gasteiger partial charge in [0.15, 0.2) is 0 Å². The molecule has 1 aromatic heterocycles. The fraction of sp³-hybridized carbons (Fsp3) is 0.429. The summed E-state index contributed by atoms with van der Waals surface area (Å²) in [5.41, 5.74) is 7.04. The number of nitrogens with one attached hydrogen (secondary N) is 4. The molecular weight excluding hydrogens is 434 g/mol. The Labute approximate surface area is 189 Å². The molecule has 3 amide bonds. The number of hydrogen-bond acceptors (Lipinski definition) is 7. The Hall–Kier alpha value is -3.48. The summed E-state index contributed by atoms with van der Waals surface area (Å²) < 4.78 is 0. The Bertz CT molecular complexity index is 1000. The second-order valence-electron chi connectivity index (χ2n) is 7.73. The lowest BCUT2D eigenvalue weighted by molar-refractivity contribution is -0.141. The number of rotatable bonds is 11. The number of carboxylic acid groups (broad SMARTS) is 1. The van der Waals surface area contributed by atoms with E-state index >= 15 is 0 Å². The number of H-pyrrole nitrogens is 1. The van der Waals surface area contributed by atoms with E-state index < -0.39 is 60.6 Å². The summed E-state index contributed by atoms with van der Waals surface area (Å²) in [4.78, 5) is 51.3. The van der Waals surface area contributed by atoms with Crippen LogP contribution in [0.3, 0.4) is 0 Å². The topological polar surface area (TPSA) is 207 Å². The first kappa shape index (κ1) is 25.8. The van der Waals surface area contributed by atoms with Crippen molar-refractivity contribution in [3.05, 3.63) is 36.0 Å². The van der Waals surface area contributed by atoms with Gasteiger partial charge >= 0.3 is 5.97 Å². The largest absolute Gasteiger partial charge is 0.480 e. The SMILES string of the molecule is CC(O)C(N)C(=O)NC(C(=O)NCC(=O)NC(Cc1c[nH]c2ccccc12)C(=O)O)C(C)O. The minimum Gasteiger partial charge on any atom is -0.480 e. The zero-order chi connectivity index (χ0) is 24.7. The van der Waals surface area contributed by atoms with E-state index in [0.29, 0.717) is 5.56 Å². The molecule has 12 heteroatoms. The maximum Gasteiger partial charge on any atom is 0.326 e. The van der Waals surface area contributed by atoms with E-state index in [9.17, 15) is 34.5 Å². The van der Waals surface area contributed by atoms with Gasteiger partial charge in [0.25, 0.3) is 0 Å². The molecule has 0 saturated heterocycles. The first-order valence-corrected chi connectivity index (χ1v) is 10.3. The lowest BCUT2D eigenvalue weighted by Crippen LogP contribution is -2.58. The van der Waals surface area contributed by atoms with Gasteiger partial charge in [-0.25, -0.2) is 4.79 Å². The summed E-state index contributed by atoms with van der Waals surface area (Å²) in [6.45, 7) is 1.96. The van der Waals surface area contributed by atoms with Crippen LogP contribution in [0.4, 0.5) is 0 Å². The first-order chi connectivity index (χ1) is 15.5. The number of aliphatic carboxylic acids is 1. The van der Waals surface area contributed by atoms with E-state index in [1.165, 1.54) is 13.8 Å². The highest BCUT2D eigenvalue weighted by Gasteiger charge is 2.30. The van der Waals surface area contributed by atoms with Gasteiger partial charge in [-0.1, -0.05) is 18.2 Å². The Morgan fingerprint density at radius 3 is 2.30 bits per heavy atom. The summed E-state index contributed by atoms with van der Waals surface area (Å²) >= 11 is 0. The summed E-state index contributed by atoms with van der Waals surface area (Å²) in [6.07, 6.45) is -0.823. The van der Waals surface area contributed by atoms with E-state index in [1.54, 1.807) is 6.20 Å². The predicted molar refractivity (Wildman–Crippen MR) is 118 cm³/mol. The van der Waals surface area contributed by atoms with Crippen LogP contribution in [-0.4, -0.2) is 80.9 Å². The number of aromatic amines is 1. The lowest BCUT2D eigenvalue weighted by Gasteiger charge is -2.23. The second kappa shape index (κ2) is 11.4. The number of aliphatic hydroxyl groups excluding tert-OH is 2. The van der Waals surface area contributed by atoms with Crippen molar-refractivity contribution in [3.63, 3.8) is 0 Å². The normalized spacial score (nSPS) is 15.7. The highest BCUT2D eigenvalue weighted by atomic mass is 16.4. The van der Waals surface area contributed by atoms with Crippen LogP contribution in [0, 0.1) is 0 Å². The van der Waals surface area contributed by atoms with Crippen LogP contribution in [0.25, 0.3) is 10.9 Å². The highest BCUT2D eigenvalue weighted by molar-refractivity contribution is 5.93. The molecule has 0 aliphatic heterocycles. The Kier molecular flexibility index (Phi) is 8.91. The van der Waals surface area contributed by atoms with E-state index in [0.717, 1.165) is 10.9 Å². The number of carbonyl (C=O) groups excluding carboxylic acids is 3. The minimum absolute atomic E-state index is 0.0165. The molecule has 2 rings (SSSR count). The van der Waals surface area contributed by atoms with Crippen molar-refractivity contribution in [2.45, 2.75) is 50.6 Å². The molecular formula is C21H29N5O7. The molecule has 0 spiro atoms. The number of carboxylic acids is 1. The van der Waals surface area contributed by atoms with Crippen molar-refractivity contribution in [2.24, 2.45) is 5.73 Å². The van der Waals surface area contributed by atoms with E-state index in [-0.39, 0.29) is 6.42 Å². The van der Waals surface area contributed by atoms with Gasteiger partial charge in [-0.05, 0) is 25.5 Å². The Morgan fingerprint density at radius 1 is 1.03 bits per heavy atom. The number of para-hydroxylation sites is 1. The summed E-state index contributed by atoms with van der Waals surface area (Å²) in [6, 6.07) is 3.33. The van der Waals surface area contributed by atoms with Gasteiger partial charge in [-0.15, -0.1) is 0 Å². The Balaban J connectivity index is 1.96. The molecule has 0 fully saturated rings. The molecule has 12 nitrogen and oxygen atoms in total. The molecule has 0 saturated carbocycles. The van der Waals surface area contributed by atoms with Gasteiger partial charge in [0.05, 0.1) is 18.8 Å². The molecule has 1 heterocycles. The minimum atomic E-state index is -1.43. The highest BCUT2D eigenvalue weighted by Crippen LogP contribution is 2.19. The van der Waals surface area contributed by atoms with Gasteiger partial charge in [0.2, 0.25) is 17.7 Å². The van der Waals surface area contributed by atoms with E-state index in [2.05, 4.69) is 20.9 Å². The summed E-state index contributed by atoms with van der Waals surface area (Å²) in [5.74, 6) is -3.76. The number of aliphatic hydroxyl groups is 2. The summed E-state index contributed by atoms with van der Waals surface area (Å²) in [7, 11) is 0. The number of carbonyl (C=O) groups is 4. The van der Waals surface area contributed by atoms with Gasteiger partial charge in [0, 0.05) is 23.5 Å². The maximum absolute atomic E-state index is 12.3. The van der Waals surface area contributed by atoms with Gasteiger partial charge in [-0.3, -0.25) is 14.4 Å². The maximum atomic E-state index is 12.3. The van der Waals surface area contributed by atoms with Crippen molar-refractivity contribution in [3.8, 4) is 0 Å². The number of aromatic nitrogens is 1. The third-order valence-electron chi connectivity index (χ3n) is 5.04. The van der Waals surface area contributed by atoms with Crippen molar-refractivity contribution in [1.82, 2.24) is 20.9 Å². The van der Waals surface area contributed by atoms with E-state index in [4.69, 9.17) is 5.73 Å². The third kappa shape index (κ3) is 7.00.